The Labute approximate surface area is 111 Å². The first-order valence-corrected chi connectivity index (χ1v) is 7.58. The van der Waals surface area contributed by atoms with Crippen molar-refractivity contribution in [3.05, 3.63) is 29.8 Å². The Morgan fingerprint density at radius 1 is 1.26 bits per heavy atom. The minimum absolute atomic E-state index is 0.0110. The van der Waals surface area contributed by atoms with Gasteiger partial charge in [0, 0.05) is 5.56 Å². The SMILES string of the molecule is CC[C@H](NS(=O)(=O)CC)c1ccccc1OC(F)F. The van der Waals surface area contributed by atoms with Crippen molar-refractivity contribution < 1.29 is 21.9 Å². The van der Waals surface area contributed by atoms with Gasteiger partial charge in [-0.05, 0) is 19.4 Å². The van der Waals surface area contributed by atoms with E-state index in [1.165, 1.54) is 13.0 Å². The molecule has 0 aliphatic carbocycles. The van der Waals surface area contributed by atoms with Gasteiger partial charge < -0.3 is 4.74 Å². The maximum absolute atomic E-state index is 12.3. The van der Waals surface area contributed by atoms with Gasteiger partial charge in [0.2, 0.25) is 10.0 Å². The van der Waals surface area contributed by atoms with Crippen molar-refractivity contribution in [3.8, 4) is 5.75 Å². The van der Waals surface area contributed by atoms with Crippen LogP contribution in [0.25, 0.3) is 0 Å². The van der Waals surface area contributed by atoms with Crippen LogP contribution in [0.15, 0.2) is 24.3 Å². The lowest BCUT2D eigenvalue weighted by molar-refractivity contribution is -0.0506. The first-order chi connectivity index (χ1) is 8.89. The van der Waals surface area contributed by atoms with Crippen molar-refractivity contribution in [2.45, 2.75) is 32.9 Å². The molecule has 0 fully saturated rings. The smallest absolute Gasteiger partial charge is 0.387 e. The van der Waals surface area contributed by atoms with Crippen molar-refractivity contribution in [1.82, 2.24) is 4.72 Å². The number of sulfonamides is 1. The Morgan fingerprint density at radius 3 is 2.42 bits per heavy atom. The molecule has 0 unspecified atom stereocenters. The molecule has 0 aromatic heterocycles. The fourth-order valence-corrected chi connectivity index (χ4v) is 2.53. The van der Waals surface area contributed by atoms with E-state index < -0.39 is 22.7 Å². The molecule has 0 bridgehead atoms. The zero-order valence-electron chi connectivity index (χ0n) is 10.8. The van der Waals surface area contributed by atoms with E-state index >= 15 is 0 Å². The summed E-state index contributed by atoms with van der Waals surface area (Å²) in [7, 11) is -3.42. The molecule has 1 N–H and O–H groups in total. The van der Waals surface area contributed by atoms with Crippen LogP contribution in [0.1, 0.15) is 31.9 Å². The zero-order valence-corrected chi connectivity index (χ0v) is 11.6. The van der Waals surface area contributed by atoms with Crippen LogP contribution in [0.2, 0.25) is 0 Å². The predicted molar refractivity (Wildman–Crippen MR) is 68.7 cm³/mol. The van der Waals surface area contributed by atoms with E-state index in [1.807, 2.05) is 0 Å². The Bertz CT molecular complexity index is 505. The highest BCUT2D eigenvalue weighted by molar-refractivity contribution is 7.89. The molecular formula is C12H17F2NO3S. The molecule has 0 amide bonds. The van der Waals surface area contributed by atoms with Crippen LogP contribution in [0.4, 0.5) is 8.78 Å². The molecule has 0 aliphatic heterocycles. The van der Waals surface area contributed by atoms with Gasteiger partial charge in [0.15, 0.2) is 0 Å². The summed E-state index contributed by atoms with van der Waals surface area (Å²) in [5.74, 6) is -0.0791. The molecule has 0 spiro atoms. The Hall–Kier alpha value is -1.21. The summed E-state index contributed by atoms with van der Waals surface area (Å²) in [5, 5.41) is 0. The highest BCUT2D eigenvalue weighted by atomic mass is 32.2. The summed E-state index contributed by atoms with van der Waals surface area (Å²) >= 11 is 0. The number of rotatable bonds is 7. The van der Waals surface area contributed by atoms with Gasteiger partial charge in [0.25, 0.3) is 0 Å². The Morgan fingerprint density at radius 2 is 1.89 bits per heavy atom. The minimum Gasteiger partial charge on any atom is -0.434 e. The summed E-state index contributed by atoms with van der Waals surface area (Å²) < 4.78 is 54.7. The second kappa shape index (κ2) is 6.81. The molecular weight excluding hydrogens is 276 g/mol. The van der Waals surface area contributed by atoms with Gasteiger partial charge in [0.1, 0.15) is 5.75 Å². The van der Waals surface area contributed by atoms with E-state index in [9.17, 15) is 17.2 Å². The third-order valence-corrected chi connectivity index (χ3v) is 4.02. The first-order valence-electron chi connectivity index (χ1n) is 5.93. The standard InChI is InChI=1S/C12H17F2NO3S/c1-3-10(15-19(16,17)4-2)9-7-5-6-8-11(9)18-12(13)14/h5-8,10,12,15H,3-4H2,1-2H3/t10-/m0/s1. The summed E-state index contributed by atoms with van der Waals surface area (Å²) in [6.45, 7) is 0.333. The number of hydrogen-bond acceptors (Lipinski definition) is 3. The monoisotopic (exact) mass is 293 g/mol. The normalized spacial score (nSPS) is 13.5. The van der Waals surface area contributed by atoms with Crippen molar-refractivity contribution in [2.75, 3.05) is 5.75 Å². The lowest BCUT2D eigenvalue weighted by Crippen LogP contribution is -2.30. The number of hydrogen-bond donors (Lipinski definition) is 1. The van der Waals surface area contributed by atoms with Crippen LogP contribution in [-0.4, -0.2) is 20.8 Å². The summed E-state index contributed by atoms with van der Waals surface area (Å²) in [4.78, 5) is 0. The van der Waals surface area contributed by atoms with Crippen molar-refractivity contribution in [2.24, 2.45) is 0 Å². The second-order valence-electron chi connectivity index (χ2n) is 3.90. The van der Waals surface area contributed by atoms with Gasteiger partial charge in [-0.3, -0.25) is 0 Å². The van der Waals surface area contributed by atoms with E-state index in [-0.39, 0.29) is 11.5 Å². The topological polar surface area (TPSA) is 55.4 Å². The quantitative estimate of drug-likeness (QED) is 0.841. The number of alkyl halides is 2. The largest absolute Gasteiger partial charge is 0.434 e. The number of halogens is 2. The van der Waals surface area contributed by atoms with Crippen molar-refractivity contribution in [3.63, 3.8) is 0 Å². The summed E-state index contributed by atoms with van der Waals surface area (Å²) in [6, 6.07) is 5.59. The number of benzene rings is 1. The molecule has 0 aliphatic rings. The van der Waals surface area contributed by atoms with E-state index in [1.54, 1.807) is 25.1 Å². The summed E-state index contributed by atoms with van der Waals surface area (Å²) in [6.07, 6.45) is 0.433. The van der Waals surface area contributed by atoms with E-state index in [0.717, 1.165) is 0 Å². The number of para-hydroxylation sites is 1. The third-order valence-electron chi connectivity index (χ3n) is 2.62. The second-order valence-corrected chi connectivity index (χ2v) is 5.94. The fraction of sp³-hybridized carbons (Fsp3) is 0.500. The van der Waals surface area contributed by atoms with Crippen molar-refractivity contribution in [1.29, 1.82) is 0 Å². The van der Waals surface area contributed by atoms with E-state index in [2.05, 4.69) is 9.46 Å². The van der Waals surface area contributed by atoms with Gasteiger partial charge in [0.05, 0.1) is 11.8 Å². The van der Waals surface area contributed by atoms with Crippen LogP contribution in [0.3, 0.4) is 0 Å². The van der Waals surface area contributed by atoms with Gasteiger partial charge in [-0.15, -0.1) is 0 Å². The van der Waals surface area contributed by atoms with Gasteiger partial charge in [-0.1, -0.05) is 25.1 Å². The molecule has 108 valence electrons. The van der Waals surface area contributed by atoms with Gasteiger partial charge in [-0.25, -0.2) is 13.1 Å². The van der Waals surface area contributed by atoms with E-state index in [0.29, 0.717) is 12.0 Å². The summed E-state index contributed by atoms with van der Waals surface area (Å²) in [5.41, 5.74) is 0.405. The van der Waals surface area contributed by atoms with Gasteiger partial charge >= 0.3 is 6.61 Å². The Balaban J connectivity index is 3.04. The molecule has 1 aromatic rings. The minimum atomic E-state index is -3.42. The molecule has 4 nitrogen and oxygen atoms in total. The predicted octanol–water partition coefficient (Wildman–Crippen LogP) is 2.68. The lowest BCUT2D eigenvalue weighted by Gasteiger charge is -2.20. The molecule has 1 atom stereocenters. The van der Waals surface area contributed by atoms with Crippen LogP contribution >= 0.6 is 0 Å². The molecule has 7 heteroatoms. The van der Waals surface area contributed by atoms with E-state index in [4.69, 9.17) is 0 Å². The average molecular weight is 293 g/mol. The molecule has 0 radical (unpaired) electrons. The third kappa shape index (κ3) is 4.76. The molecule has 0 saturated heterocycles. The average Bonchev–Trinajstić information content (AvgIpc) is 2.36. The van der Waals surface area contributed by atoms with Crippen LogP contribution in [-0.2, 0) is 10.0 Å². The maximum Gasteiger partial charge on any atom is 0.387 e. The molecule has 0 heterocycles. The molecule has 0 saturated carbocycles. The van der Waals surface area contributed by atoms with Crippen LogP contribution in [0.5, 0.6) is 5.75 Å². The molecule has 1 rings (SSSR count). The Kier molecular flexibility index (Phi) is 5.68. The highest BCUT2D eigenvalue weighted by Gasteiger charge is 2.20. The highest BCUT2D eigenvalue weighted by Crippen LogP contribution is 2.28. The lowest BCUT2D eigenvalue weighted by atomic mass is 10.0. The first kappa shape index (κ1) is 15.8. The molecule has 1 aromatic carbocycles. The number of nitrogens with one attached hydrogen (secondary N) is 1. The molecule has 19 heavy (non-hydrogen) atoms. The number of ether oxygens (including phenoxy) is 1. The fourth-order valence-electron chi connectivity index (χ4n) is 1.64. The zero-order chi connectivity index (χ0) is 14.5. The van der Waals surface area contributed by atoms with Crippen LogP contribution in [0, 0.1) is 0 Å². The van der Waals surface area contributed by atoms with Crippen LogP contribution < -0.4 is 9.46 Å². The van der Waals surface area contributed by atoms with Gasteiger partial charge in [-0.2, -0.15) is 8.78 Å². The van der Waals surface area contributed by atoms with Crippen molar-refractivity contribution >= 4 is 10.0 Å². The maximum atomic E-state index is 12.3.